The van der Waals surface area contributed by atoms with E-state index < -0.39 is 10.0 Å². The highest BCUT2D eigenvalue weighted by Gasteiger charge is 2.16. The van der Waals surface area contributed by atoms with Gasteiger partial charge >= 0.3 is 0 Å². The van der Waals surface area contributed by atoms with Gasteiger partial charge in [-0.1, -0.05) is 30.3 Å². The Morgan fingerprint density at radius 3 is 2.30 bits per heavy atom. The Morgan fingerprint density at radius 1 is 0.865 bits per heavy atom. The second kappa shape index (κ2) is 11.4. The Hall–Kier alpha value is -4.70. The molecule has 0 aliphatic heterocycles. The maximum absolute atomic E-state index is 12.9. The van der Waals surface area contributed by atoms with Gasteiger partial charge in [-0.25, -0.2) is 23.1 Å². The van der Waals surface area contributed by atoms with Gasteiger partial charge in [-0.3, -0.25) is 4.79 Å². The lowest BCUT2D eigenvalue weighted by Crippen LogP contribution is -2.15. The van der Waals surface area contributed by atoms with Crippen LogP contribution in [0.2, 0.25) is 0 Å². The summed E-state index contributed by atoms with van der Waals surface area (Å²) in [6, 6.07) is 21.6. The lowest BCUT2D eigenvalue weighted by molar-refractivity contribution is 0.102. The minimum absolute atomic E-state index is 0.0000770. The van der Waals surface area contributed by atoms with Crippen molar-refractivity contribution in [3.8, 4) is 11.5 Å². The predicted octanol–water partition coefficient (Wildman–Crippen LogP) is 4.72. The SMILES string of the molecule is COc1ccc(/C=C/c2ccnc(NS(=O)(=O)c3ccc(NC(=O)c4ccccc4)cc3)n2)cc1OC. The average Bonchev–Trinajstić information content (AvgIpc) is 2.92. The van der Waals surface area contributed by atoms with Crippen LogP contribution < -0.4 is 19.5 Å². The third kappa shape index (κ3) is 6.50. The van der Waals surface area contributed by atoms with Crippen molar-refractivity contribution in [3.63, 3.8) is 0 Å². The first kappa shape index (κ1) is 25.4. The molecule has 0 aliphatic rings. The molecule has 0 bridgehead atoms. The monoisotopic (exact) mass is 516 g/mol. The van der Waals surface area contributed by atoms with Crippen molar-refractivity contribution in [2.75, 3.05) is 24.3 Å². The summed E-state index contributed by atoms with van der Waals surface area (Å²) in [5.41, 5.74) is 2.31. The van der Waals surface area contributed by atoms with E-state index in [9.17, 15) is 13.2 Å². The first-order valence-electron chi connectivity index (χ1n) is 11.1. The fraction of sp³-hybridized carbons (Fsp3) is 0.0741. The van der Waals surface area contributed by atoms with Crippen LogP contribution in [0.25, 0.3) is 12.2 Å². The van der Waals surface area contributed by atoms with Crippen molar-refractivity contribution < 1.29 is 22.7 Å². The minimum Gasteiger partial charge on any atom is -0.493 e. The summed E-state index contributed by atoms with van der Waals surface area (Å²) in [5, 5.41) is 2.73. The maximum atomic E-state index is 12.9. The molecule has 0 radical (unpaired) electrons. The van der Waals surface area contributed by atoms with Crippen LogP contribution in [0.5, 0.6) is 11.5 Å². The molecule has 3 aromatic carbocycles. The van der Waals surface area contributed by atoms with Gasteiger partial charge in [-0.15, -0.1) is 0 Å². The third-order valence-corrected chi connectivity index (χ3v) is 6.56. The van der Waals surface area contributed by atoms with Crippen LogP contribution in [-0.2, 0) is 10.0 Å². The summed E-state index contributed by atoms with van der Waals surface area (Å²) in [5.74, 6) is 0.841. The van der Waals surface area contributed by atoms with Gasteiger partial charge in [-0.05, 0) is 66.2 Å². The van der Waals surface area contributed by atoms with Gasteiger partial charge in [0.1, 0.15) is 0 Å². The lowest BCUT2D eigenvalue weighted by Gasteiger charge is -2.09. The smallest absolute Gasteiger partial charge is 0.264 e. The van der Waals surface area contributed by atoms with E-state index in [4.69, 9.17) is 9.47 Å². The minimum atomic E-state index is -3.95. The van der Waals surface area contributed by atoms with Crippen molar-refractivity contribution in [1.82, 2.24) is 9.97 Å². The summed E-state index contributed by atoms with van der Waals surface area (Å²) in [6.07, 6.45) is 5.00. The largest absolute Gasteiger partial charge is 0.493 e. The molecule has 10 heteroatoms. The van der Waals surface area contributed by atoms with E-state index in [0.717, 1.165) is 5.56 Å². The van der Waals surface area contributed by atoms with E-state index in [0.29, 0.717) is 28.4 Å². The van der Waals surface area contributed by atoms with Gasteiger partial charge in [0.2, 0.25) is 5.95 Å². The Bertz CT molecular complexity index is 1520. The summed E-state index contributed by atoms with van der Waals surface area (Å²) >= 11 is 0. The topological polar surface area (TPSA) is 120 Å². The molecule has 188 valence electrons. The molecule has 2 N–H and O–H groups in total. The van der Waals surface area contributed by atoms with Crippen LogP contribution in [0, 0.1) is 0 Å². The zero-order valence-corrected chi connectivity index (χ0v) is 20.9. The van der Waals surface area contributed by atoms with Gasteiger partial charge in [-0.2, -0.15) is 0 Å². The Kier molecular flexibility index (Phi) is 7.80. The second-order valence-corrected chi connectivity index (χ2v) is 9.39. The maximum Gasteiger partial charge on any atom is 0.264 e. The molecule has 0 atom stereocenters. The molecule has 37 heavy (non-hydrogen) atoms. The van der Waals surface area contributed by atoms with Crippen molar-refractivity contribution in [3.05, 3.63) is 102 Å². The summed E-state index contributed by atoms with van der Waals surface area (Å²) < 4.78 is 38.6. The molecule has 0 unspecified atom stereocenters. The van der Waals surface area contributed by atoms with E-state index >= 15 is 0 Å². The number of hydrogen-bond acceptors (Lipinski definition) is 7. The quantitative estimate of drug-likeness (QED) is 0.330. The van der Waals surface area contributed by atoms with Crippen molar-refractivity contribution in [1.29, 1.82) is 0 Å². The van der Waals surface area contributed by atoms with Gasteiger partial charge in [0, 0.05) is 17.4 Å². The number of carbonyl (C=O) groups is 1. The van der Waals surface area contributed by atoms with Gasteiger partial charge in [0.15, 0.2) is 11.5 Å². The molecular weight excluding hydrogens is 492 g/mol. The second-order valence-electron chi connectivity index (χ2n) is 7.70. The van der Waals surface area contributed by atoms with Crippen LogP contribution in [0.4, 0.5) is 11.6 Å². The van der Waals surface area contributed by atoms with E-state index in [2.05, 4.69) is 20.0 Å². The highest BCUT2D eigenvalue weighted by molar-refractivity contribution is 7.92. The predicted molar refractivity (Wildman–Crippen MR) is 142 cm³/mol. The molecule has 1 amide bonds. The van der Waals surface area contributed by atoms with Gasteiger partial charge in [0.25, 0.3) is 15.9 Å². The Morgan fingerprint density at radius 2 is 1.59 bits per heavy atom. The van der Waals surface area contributed by atoms with Crippen LogP contribution in [0.1, 0.15) is 21.6 Å². The fourth-order valence-electron chi connectivity index (χ4n) is 3.34. The molecule has 0 aliphatic carbocycles. The Labute approximate surface area is 214 Å². The van der Waals surface area contributed by atoms with Crippen molar-refractivity contribution in [2.24, 2.45) is 0 Å². The number of anilines is 2. The van der Waals surface area contributed by atoms with Gasteiger partial charge < -0.3 is 14.8 Å². The first-order valence-corrected chi connectivity index (χ1v) is 12.6. The number of carbonyl (C=O) groups excluding carboxylic acids is 1. The number of rotatable bonds is 9. The summed E-state index contributed by atoms with van der Waals surface area (Å²) in [7, 11) is -0.831. The fourth-order valence-corrected chi connectivity index (χ4v) is 4.29. The van der Waals surface area contributed by atoms with E-state index in [-0.39, 0.29) is 16.8 Å². The van der Waals surface area contributed by atoms with Crippen LogP contribution in [-0.4, -0.2) is 38.5 Å². The number of benzene rings is 3. The van der Waals surface area contributed by atoms with E-state index in [1.807, 2.05) is 24.3 Å². The van der Waals surface area contributed by atoms with Crippen molar-refractivity contribution >= 4 is 39.7 Å². The summed E-state index contributed by atoms with van der Waals surface area (Å²) in [4.78, 5) is 20.6. The van der Waals surface area contributed by atoms with Gasteiger partial charge in [0.05, 0.1) is 24.8 Å². The van der Waals surface area contributed by atoms with E-state index in [1.165, 1.54) is 30.5 Å². The van der Waals surface area contributed by atoms with Crippen LogP contribution in [0.3, 0.4) is 0 Å². The number of methoxy groups -OCH3 is 2. The molecule has 0 spiro atoms. The number of ether oxygens (including phenoxy) is 2. The molecule has 0 fully saturated rings. The lowest BCUT2D eigenvalue weighted by atomic mass is 10.1. The first-order chi connectivity index (χ1) is 17.9. The van der Waals surface area contributed by atoms with Crippen LogP contribution >= 0.6 is 0 Å². The number of aromatic nitrogens is 2. The molecule has 1 aromatic heterocycles. The number of amides is 1. The van der Waals surface area contributed by atoms with Crippen LogP contribution in [0.15, 0.2) is 90.0 Å². The summed E-state index contributed by atoms with van der Waals surface area (Å²) in [6.45, 7) is 0. The molecule has 1 heterocycles. The third-order valence-electron chi connectivity index (χ3n) is 5.22. The normalized spacial score (nSPS) is 11.2. The van der Waals surface area contributed by atoms with E-state index in [1.54, 1.807) is 56.7 Å². The van der Waals surface area contributed by atoms with Crippen molar-refractivity contribution in [2.45, 2.75) is 4.90 Å². The average molecular weight is 517 g/mol. The molecule has 0 saturated carbocycles. The molecule has 4 rings (SSSR count). The molecule has 9 nitrogen and oxygen atoms in total. The Balaban J connectivity index is 1.44. The zero-order chi connectivity index (χ0) is 26.3. The zero-order valence-electron chi connectivity index (χ0n) is 20.1. The molecule has 0 saturated heterocycles. The standard InChI is InChI=1S/C27H24N4O5S/c1-35-24-15-9-19(18-25(24)36-2)8-10-22-16-17-28-27(30-22)31-37(33,34)23-13-11-21(12-14-23)29-26(32)20-6-4-3-5-7-20/h3-18H,1-2H3,(H,29,32)(H,28,30,31)/b10-8+. The number of hydrogen-bond donors (Lipinski definition) is 2. The number of nitrogens with zero attached hydrogens (tertiary/aromatic N) is 2. The number of nitrogens with one attached hydrogen (secondary N) is 2. The highest BCUT2D eigenvalue weighted by Crippen LogP contribution is 2.28. The molecular formula is C27H24N4O5S. The highest BCUT2D eigenvalue weighted by atomic mass is 32.2. The number of sulfonamides is 1. The molecule has 4 aromatic rings.